The van der Waals surface area contributed by atoms with Crippen LogP contribution in [0.15, 0.2) is 12.2 Å². The summed E-state index contributed by atoms with van der Waals surface area (Å²) in [4.78, 5) is 2.18. The number of nitrogens with zero attached hydrogens (tertiary/aromatic N) is 1. The van der Waals surface area contributed by atoms with Gasteiger partial charge in [-0.3, -0.25) is 0 Å². The lowest BCUT2D eigenvalue weighted by Gasteiger charge is -2.17. The molecule has 0 spiro atoms. The standard InChI is InChI=1S/C7H14N2/c1-6-4-9(3)5-7(6,2)8/h1,4-5,8H2,2-3H3/t7-/m1/s1. The first-order valence-corrected chi connectivity index (χ1v) is 3.18. The second-order valence-electron chi connectivity index (χ2n) is 3.19. The van der Waals surface area contributed by atoms with Gasteiger partial charge in [-0.25, -0.2) is 0 Å². The summed E-state index contributed by atoms with van der Waals surface area (Å²) in [5, 5.41) is 0. The Kier molecular flexibility index (Phi) is 1.37. The maximum Gasteiger partial charge on any atom is 0.0479 e. The third-order valence-corrected chi connectivity index (χ3v) is 1.87. The molecule has 0 unspecified atom stereocenters. The van der Waals surface area contributed by atoms with Crippen LogP contribution in [0.3, 0.4) is 0 Å². The Morgan fingerprint density at radius 1 is 1.78 bits per heavy atom. The predicted molar refractivity (Wildman–Crippen MR) is 39.2 cm³/mol. The highest BCUT2D eigenvalue weighted by atomic mass is 15.2. The van der Waals surface area contributed by atoms with Gasteiger partial charge in [0, 0.05) is 18.6 Å². The molecule has 0 aromatic carbocycles. The van der Waals surface area contributed by atoms with Crippen molar-refractivity contribution in [3.05, 3.63) is 12.2 Å². The van der Waals surface area contributed by atoms with E-state index >= 15 is 0 Å². The van der Waals surface area contributed by atoms with Gasteiger partial charge in [0.05, 0.1) is 0 Å². The first kappa shape index (κ1) is 6.78. The van der Waals surface area contributed by atoms with Gasteiger partial charge in [0.25, 0.3) is 0 Å². The Morgan fingerprint density at radius 3 is 2.44 bits per heavy atom. The number of hydrogen-bond donors (Lipinski definition) is 1. The summed E-state index contributed by atoms with van der Waals surface area (Å²) in [5.74, 6) is 0. The molecule has 52 valence electrons. The highest BCUT2D eigenvalue weighted by molar-refractivity contribution is 5.21. The van der Waals surface area contributed by atoms with Crippen molar-refractivity contribution in [3.63, 3.8) is 0 Å². The van der Waals surface area contributed by atoms with Gasteiger partial charge in [-0.05, 0) is 19.5 Å². The molecular weight excluding hydrogens is 112 g/mol. The van der Waals surface area contributed by atoms with E-state index in [4.69, 9.17) is 5.73 Å². The van der Waals surface area contributed by atoms with Crippen molar-refractivity contribution in [1.29, 1.82) is 0 Å². The van der Waals surface area contributed by atoms with Crippen molar-refractivity contribution in [2.75, 3.05) is 20.1 Å². The van der Waals surface area contributed by atoms with Gasteiger partial charge in [0.15, 0.2) is 0 Å². The first-order valence-electron chi connectivity index (χ1n) is 3.18. The molecule has 0 saturated carbocycles. The fourth-order valence-corrected chi connectivity index (χ4v) is 1.23. The van der Waals surface area contributed by atoms with Gasteiger partial charge < -0.3 is 10.6 Å². The van der Waals surface area contributed by atoms with E-state index in [1.54, 1.807) is 0 Å². The van der Waals surface area contributed by atoms with Crippen molar-refractivity contribution in [2.24, 2.45) is 5.73 Å². The zero-order chi connectivity index (χ0) is 7.07. The van der Waals surface area contributed by atoms with Crippen LogP contribution in [0.25, 0.3) is 0 Å². The topological polar surface area (TPSA) is 29.3 Å². The minimum atomic E-state index is -0.144. The molecule has 0 aliphatic carbocycles. The SMILES string of the molecule is C=C1CN(C)C[C@@]1(C)N. The van der Waals surface area contributed by atoms with Crippen LogP contribution in [0.2, 0.25) is 0 Å². The Bertz CT molecular complexity index is 138. The molecule has 1 heterocycles. The molecule has 2 heteroatoms. The lowest BCUT2D eigenvalue weighted by atomic mass is 9.99. The van der Waals surface area contributed by atoms with Crippen LogP contribution in [0.1, 0.15) is 6.92 Å². The number of rotatable bonds is 0. The molecule has 1 saturated heterocycles. The van der Waals surface area contributed by atoms with Crippen molar-refractivity contribution in [3.8, 4) is 0 Å². The predicted octanol–water partition coefficient (Wildman–Crippen LogP) is 0.205. The van der Waals surface area contributed by atoms with Gasteiger partial charge in [-0.2, -0.15) is 0 Å². The maximum atomic E-state index is 5.87. The van der Waals surface area contributed by atoms with E-state index in [2.05, 4.69) is 18.5 Å². The smallest absolute Gasteiger partial charge is 0.0479 e. The molecule has 2 N–H and O–H groups in total. The van der Waals surface area contributed by atoms with Crippen LogP contribution in [0.4, 0.5) is 0 Å². The number of nitrogens with two attached hydrogens (primary N) is 1. The summed E-state index contributed by atoms with van der Waals surface area (Å²) in [7, 11) is 2.06. The highest BCUT2D eigenvalue weighted by Crippen LogP contribution is 2.20. The zero-order valence-corrected chi connectivity index (χ0v) is 6.15. The molecule has 2 nitrogen and oxygen atoms in total. The molecule has 0 amide bonds. The maximum absolute atomic E-state index is 5.87. The van der Waals surface area contributed by atoms with Gasteiger partial charge in [-0.1, -0.05) is 6.58 Å². The van der Waals surface area contributed by atoms with Gasteiger partial charge >= 0.3 is 0 Å². The van der Waals surface area contributed by atoms with E-state index < -0.39 is 0 Å². The Hall–Kier alpha value is -0.340. The quantitative estimate of drug-likeness (QED) is 0.470. The second kappa shape index (κ2) is 1.82. The van der Waals surface area contributed by atoms with Crippen LogP contribution >= 0.6 is 0 Å². The van der Waals surface area contributed by atoms with E-state index in [0.29, 0.717) is 0 Å². The van der Waals surface area contributed by atoms with Gasteiger partial charge in [0.2, 0.25) is 0 Å². The summed E-state index contributed by atoms with van der Waals surface area (Å²) in [6.07, 6.45) is 0. The summed E-state index contributed by atoms with van der Waals surface area (Å²) in [5.41, 5.74) is 6.87. The molecule has 0 radical (unpaired) electrons. The molecule has 0 aromatic rings. The van der Waals surface area contributed by atoms with E-state index in [1.165, 1.54) is 0 Å². The van der Waals surface area contributed by atoms with Crippen LogP contribution < -0.4 is 5.73 Å². The molecular formula is C7H14N2. The third kappa shape index (κ3) is 1.14. The average Bonchev–Trinajstić information content (AvgIpc) is 1.79. The normalized spacial score (nSPS) is 37.9. The largest absolute Gasteiger partial charge is 0.321 e. The van der Waals surface area contributed by atoms with Crippen LogP contribution in [-0.4, -0.2) is 30.6 Å². The van der Waals surface area contributed by atoms with Crippen molar-refractivity contribution in [2.45, 2.75) is 12.5 Å². The van der Waals surface area contributed by atoms with Crippen LogP contribution in [0.5, 0.6) is 0 Å². The van der Waals surface area contributed by atoms with E-state index in [1.807, 2.05) is 6.92 Å². The summed E-state index contributed by atoms with van der Waals surface area (Å²) in [6.45, 7) is 7.81. The summed E-state index contributed by atoms with van der Waals surface area (Å²) in [6, 6.07) is 0. The second-order valence-corrected chi connectivity index (χ2v) is 3.19. The monoisotopic (exact) mass is 126 g/mol. The van der Waals surface area contributed by atoms with Crippen molar-refractivity contribution in [1.82, 2.24) is 4.90 Å². The number of hydrogen-bond acceptors (Lipinski definition) is 2. The minimum Gasteiger partial charge on any atom is -0.321 e. The Labute approximate surface area is 56.3 Å². The van der Waals surface area contributed by atoms with E-state index in [0.717, 1.165) is 18.7 Å². The summed E-state index contributed by atoms with van der Waals surface area (Å²) < 4.78 is 0. The third-order valence-electron chi connectivity index (χ3n) is 1.87. The van der Waals surface area contributed by atoms with Gasteiger partial charge in [0.1, 0.15) is 0 Å². The molecule has 1 aliphatic rings. The van der Waals surface area contributed by atoms with Crippen LogP contribution in [0, 0.1) is 0 Å². The van der Waals surface area contributed by atoms with E-state index in [9.17, 15) is 0 Å². The summed E-state index contributed by atoms with van der Waals surface area (Å²) >= 11 is 0. The Morgan fingerprint density at radius 2 is 2.33 bits per heavy atom. The number of likely N-dealkylation sites (N-methyl/N-ethyl adjacent to an activating group) is 1. The average molecular weight is 126 g/mol. The lowest BCUT2D eigenvalue weighted by molar-refractivity contribution is 0.382. The fourth-order valence-electron chi connectivity index (χ4n) is 1.23. The molecule has 0 aromatic heterocycles. The van der Waals surface area contributed by atoms with Crippen molar-refractivity contribution >= 4 is 0 Å². The molecule has 0 bridgehead atoms. The fraction of sp³-hybridized carbons (Fsp3) is 0.714. The molecule has 1 aliphatic heterocycles. The zero-order valence-electron chi connectivity index (χ0n) is 6.15. The highest BCUT2D eigenvalue weighted by Gasteiger charge is 2.30. The Balaban J connectivity index is 2.70. The minimum absolute atomic E-state index is 0.144. The molecule has 9 heavy (non-hydrogen) atoms. The first-order chi connectivity index (χ1) is 4.02. The van der Waals surface area contributed by atoms with E-state index in [-0.39, 0.29) is 5.54 Å². The number of likely N-dealkylation sites (tertiary alicyclic amines) is 1. The van der Waals surface area contributed by atoms with Crippen molar-refractivity contribution < 1.29 is 0 Å². The van der Waals surface area contributed by atoms with Gasteiger partial charge in [-0.15, -0.1) is 0 Å². The molecule has 1 rings (SSSR count). The molecule has 1 fully saturated rings. The van der Waals surface area contributed by atoms with Crippen LogP contribution in [-0.2, 0) is 0 Å². The lowest BCUT2D eigenvalue weighted by Crippen LogP contribution is -2.39. The molecule has 1 atom stereocenters.